The van der Waals surface area contributed by atoms with Crippen molar-refractivity contribution in [3.8, 4) is 11.4 Å². The third-order valence-electron chi connectivity index (χ3n) is 4.10. The number of aliphatic imine (C=N–C) groups is 1. The third-order valence-corrected chi connectivity index (χ3v) is 4.10. The number of methoxy groups -OCH3 is 1. The molecule has 7 heteroatoms. The van der Waals surface area contributed by atoms with Gasteiger partial charge in [0.1, 0.15) is 5.75 Å². The van der Waals surface area contributed by atoms with Crippen LogP contribution in [0.2, 0.25) is 0 Å². The molecule has 1 N–H and O–H groups in total. The van der Waals surface area contributed by atoms with Gasteiger partial charge in [0.25, 0.3) is 0 Å². The molecule has 0 saturated carbocycles. The van der Waals surface area contributed by atoms with E-state index in [1.807, 2.05) is 32.0 Å². The van der Waals surface area contributed by atoms with Gasteiger partial charge in [-0.25, -0.2) is 4.79 Å². The van der Waals surface area contributed by atoms with Crippen molar-refractivity contribution in [2.24, 2.45) is 4.99 Å². The molecule has 2 aromatic carbocycles. The summed E-state index contributed by atoms with van der Waals surface area (Å²) in [5, 5.41) is 15.2. The van der Waals surface area contributed by atoms with Gasteiger partial charge in [-0.2, -0.15) is 0 Å². The van der Waals surface area contributed by atoms with Crippen LogP contribution in [0.25, 0.3) is 5.69 Å². The lowest BCUT2D eigenvalue weighted by atomic mass is 10.1. The van der Waals surface area contributed by atoms with E-state index in [4.69, 9.17) is 9.26 Å². The molecule has 0 amide bonds. The summed E-state index contributed by atoms with van der Waals surface area (Å²) in [5.41, 5.74) is 1.97. The van der Waals surface area contributed by atoms with Gasteiger partial charge in [-0.1, -0.05) is 25.1 Å². The molecule has 26 heavy (non-hydrogen) atoms. The van der Waals surface area contributed by atoms with Gasteiger partial charge in [0, 0.05) is 12.1 Å². The molecule has 0 aliphatic rings. The number of benzene rings is 2. The van der Waals surface area contributed by atoms with Crippen molar-refractivity contribution in [3.05, 3.63) is 69.7 Å². The monoisotopic (exact) mass is 353 g/mol. The molecule has 3 aromatic rings. The highest BCUT2D eigenvalue weighted by Gasteiger charge is 2.24. The Morgan fingerprint density at radius 3 is 2.65 bits per heavy atom. The maximum atomic E-state index is 12.7. The Kier molecular flexibility index (Phi) is 4.88. The third kappa shape index (κ3) is 3.23. The van der Waals surface area contributed by atoms with Crippen molar-refractivity contribution in [1.82, 2.24) is 5.27 Å². The van der Waals surface area contributed by atoms with E-state index in [9.17, 15) is 9.90 Å². The number of hydrogen-bond donors (Lipinski definition) is 1. The van der Waals surface area contributed by atoms with Crippen LogP contribution in [0, 0.1) is 6.92 Å². The fraction of sp³-hybridized carbons (Fsp3) is 0.211. The lowest BCUT2D eigenvalue weighted by Gasteiger charge is -2.10. The van der Waals surface area contributed by atoms with Crippen LogP contribution in [-0.2, 0) is 6.42 Å². The first-order chi connectivity index (χ1) is 12.5. The highest BCUT2D eigenvalue weighted by molar-refractivity contribution is 5.89. The lowest BCUT2D eigenvalue weighted by Crippen LogP contribution is -2.44. The molecule has 7 nitrogen and oxygen atoms in total. The summed E-state index contributed by atoms with van der Waals surface area (Å²) in [6.07, 6.45) is 0.730. The van der Waals surface area contributed by atoms with Gasteiger partial charge < -0.3 is 9.84 Å². The van der Waals surface area contributed by atoms with Gasteiger partial charge in [0.2, 0.25) is 5.69 Å². The second-order valence-corrected chi connectivity index (χ2v) is 5.72. The Morgan fingerprint density at radius 2 is 2.00 bits per heavy atom. The zero-order valence-electron chi connectivity index (χ0n) is 14.8. The quantitative estimate of drug-likeness (QED) is 0.428. The Balaban J connectivity index is 2.10. The first-order valence-corrected chi connectivity index (χ1v) is 8.17. The number of nitrogens with one attached hydrogen (secondary N) is 1. The number of H-pyrrole nitrogens is 1. The Morgan fingerprint density at radius 1 is 1.27 bits per heavy atom. The summed E-state index contributed by atoms with van der Waals surface area (Å²) >= 11 is 0. The molecule has 134 valence electrons. The molecular formula is C19H19N3O4. The number of aryl methyl sites for hydroxylation is 2. The Bertz CT molecular complexity index is 1000. The van der Waals surface area contributed by atoms with Gasteiger partial charge in [-0.05, 0) is 46.6 Å². The van der Waals surface area contributed by atoms with Crippen LogP contribution in [0.15, 0.2) is 56.8 Å². The minimum Gasteiger partial charge on any atom is -0.854 e. The Labute approximate surface area is 150 Å². The maximum Gasteiger partial charge on any atom is 0.436 e. The maximum absolute atomic E-state index is 12.7. The summed E-state index contributed by atoms with van der Waals surface area (Å²) in [7, 11) is 1.56. The van der Waals surface area contributed by atoms with Crippen molar-refractivity contribution in [2.75, 3.05) is 7.11 Å². The average Bonchev–Trinajstić information content (AvgIpc) is 3.05. The fourth-order valence-corrected chi connectivity index (χ4v) is 2.69. The SMILES string of the molecule is CCc1cccc(C)c1N=C([O-])c1c(=O)o[nH][n+]1-c1ccc(OC)cc1. The topological polar surface area (TPSA) is 94.5 Å². The average molecular weight is 353 g/mol. The van der Waals surface area contributed by atoms with Crippen molar-refractivity contribution >= 4 is 11.6 Å². The number of hydrogen-bond acceptors (Lipinski definition) is 5. The number of ether oxygens (including phenoxy) is 1. The van der Waals surface area contributed by atoms with Crippen molar-refractivity contribution < 1.29 is 19.0 Å². The smallest absolute Gasteiger partial charge is 0.436 e. The van der Waals surface area contributed by atoms with E-state index in [-0.39, 0.29) is 5.69 Å². The van der Waals surface area contributed by atoms with E-state index < -0.39 is 11.5 Å². The van der Waals surface area contributed by atoms with E-state index in [1.165, 1.54) is 4.68 Å². The second kappa shape index (κ2) is 7.26. The molecule has 0 radical (unpaired) electrons. The number of nitrogens with zero attached hydrogens (tertiary/aromatic N) is 2. The molecule has 1 aromatic heterocycles. The standard InChI is InChI=1S/C19H19N3O4/c1-4-13-7-5-6-12(2)16(13)20-18(23)17-19(24)26-21-22(17)14-8-10-15(25-3)11-9-14/h5-11H,4H2,1-3H3,(H-,20,21,23,24). The van der Waals surface area contributed by atoms with Crippen LogP contribution in [0.3, 0.4) is 0 Å². The van der Waals surface area contributed by atoms with Crippen LogP contribution < -0.4 is 20.2 Å². The summed E-state index contributed by atoms with van der Waals surface area (Å²) in [6, 6.07) is 12.5. The van der Waals surface area contributed by atoms with E-state index in [0.29, 0.717) is 17.1 Å². The van der Waals surface area contributed by atoms with E-state index >= 15 is 0 Å². The van der Waals surface area contributed by atoms with Crippen molar-refractivity contribution in [3.63, 3.8) is 0 Å². The van der Waals surface area contributed by atoms with Gasteiger partial charge in [0.05, 0.1) is 18.7 Å². The lowest BCUT2D eigenvalue weighted by molar-refractivity contribution is -0.673. The number of aromatic amines is 1. The summed E-state index contributed by atoms with van der Waals surface area (Å²) < 4.78 is 11.2. The molecular weight excluding hydrogens is 334 g/mol. The summed E-state index contributed by atoms with van der Waals surface area (Å²) in [4.78, 5) is 16.3. The van der Waals surface area contributed by atoms with Gasteiger partial charge >= 0.3 is 11.3 Å². The van der Waals surface area contributed by atoms with Crippen LogP contribution in [0.4, 0.5) is 5.69 Å². The second-order valence-electron chi connectivity index (χ2n) is 5.72. The van der Waals surface area contributed by atoms with E-state index in [1.54, 1.807) is 31.4 Å². The zero-order valence-corrected chi connectivity index (χ0v) is 14.8. The molecule has 0 fully saturated rings. The molecule has 0 unspecified atom stereocenters. The van der Waals surface area contributed by atoms with Crippen molar-refractivity contribution in [1.29, 1.82) is 0 Å². The highest BCUT2D eigenvalue weighted by atomic mass is 16.5. The van der Waals surface area contributed by atoms with Crippen LogP contribution in [0.5, 0.6) is 5.75 Å². The molecule has 0 bridgehead atoms. The molecule has 0 aliphatic carbocycles. The molecule has 0 atom stereocenters. The summed E-state index contributed by atoms with van der Waals surface area (Å²) in [6.45, 7) is 3.86. The highest BCUT2D eigenvalue weighted by Crippen LogP contribution is 2.24. The van der Waals surface area contributed by atoms with Crippen LogP contribution in [0.1, 0.15) is 23.7 Å². The minimum atomic E-state index is -0.777. The minimum absolute atomic E-state index is 0.194. The zero-order chi connectivity index (χ0) is 18.7. The van der Waals surface area contributed by atoms with Crippen molar-refractivity contribution in [2.45, 2.75) is 20.3 Å². The number of aromatic nitrogens is 2. The first kappa shape index (κ1) is 17.5. The molecule has 3 rings (SSSR count). The molecule has 1 heterocycles. The van der Waals surface area contributed by atoms with Gasteiger partial charge in [-0.3, -0.25) is 9.52 Å². The van der Waals surface area contributed by atoms with E-state index in [2.05, 4.69) is 10.3 Å². The number of para-hydroxylation sites is 1. The van der Waals surface area contributed by atoms with Gasteiger partial charge in [0.15, 0.2) is 0 Å². The Hall–Kier alpha value is -3.35. The number of rotatable bonds is 5. The molecule has 0 aliphatic heterocycles. The van der Waals surface area contributed by atoms with E-state index in [0.717, 1.165) is 17.5 Å². The largest absolute Gasteiger partial charge is 0.854 e. The molecule has 0 spiro atoms. The normalized spacial score (nSPS) is 11.6. The predicted molar refractivity (Wildman–Crippen MR) is 94.2 cm³/mol. The predicted octanol–water partition coefficient (Wildman–Crippen LogP) is 1.56. The fourth-order valence-electron chi connectivity index (χ4n) is 2.69. The summed E-state index contributed by atoms with van der Waals surface area (Å²) in [5.74, 6) is -0.00919. The van der Waals surface area contributed by atoms with Gasteiger partial charge in [-0.15, -0.1) is 0 Å². The van der Waals surface area contributed by atoms with Crippen LogP contribution >= 0.6 is 0 Å². The van der Waals surface area contributed by atoms with Crippen LogP contribution in [-0.4, -0.2) is 18.3 Å². The molecule has 0 saturated heterocycles. The first-order valence-electron chi connectivity index (χ1n) is 8.17.